The molecule has 0 aliphatic heterocycles. The third-order valence-electron chi connectivity index (χ3n) is 2.97. The maximum atomic E-state index is 12.0. The molecule has 0 atom stereocenters. The van der Waals surface area contributed by atoms with E-state index >= 15 is 0 Å². The van der Waals surface area contributed by atoms with Crippen LogP contribution in [0.1, 0.15) is 52.9 Å². The summed E-state index contributed by atoms with van der Waals surface area (Å²) in [5, 5.41) is 0. The van der Waals surface area contributed by atoms with Gasteiger partial charge in [-0.3, -0.25) is 4.79 Å². The van der Waals surface area contributed by atoms with Crippen LogP contribution in [0.3, 0.4) is 0 Å². The monoisotopic (exact) mass is 198 g/mol. The molecule has 0 aromatic heterocycles. The minimum atomic E-state index is -0.413. The highest BCUT2D eigenvalue weighted by molar-refractivity contribution is 5.89. The van der Waals surface area contributed by atoms with Crippen molar-refractivity contribution in [2.75, 3.05) is 6.61 Å². The van der Waals surface area contributed by atoms with E-state index in [9.17, 15) is 4.79 Å². The molecule has 2 nitrogen and oxygen atoms in total. The number of rotatable bonds is 5. The molecular weight excluding hydrogens is 176 g/mol. The van der Waals surface area contributed by atoms with Gasteiger partial charge in [-0.25, -0.2) is 0 Å². The van der Waals surface area contributed by atoms with Crippen LogP contribution in [0.4, 0.5) is 0 Å². The molecule has 82 valence electrons. The normalized spacial score (nSPS) is 20.3. The lowest BCUT2D eigenvalue weighted by Crippen LogP contribution is -2.41. The smallest absolute Gasteiger partial charge is 0.167 e. The lowest BCUT2D eigenvalue weighted by atomic mass is 9.89. The first-order valence-corrected chi connectivity index (χ1v) is 5.80. The Morgan fingerprint density at radius 2 is 1.93 bits per heavy atom. The fourth-order valence-corrected chi connectivity index (χ4v) is 2.23. The van der Waals surface area contributed by atoms with Crippen LogP contribution < -0.4 is 0 Å². The van der Waals surface area contributed by atoms with E-state index in [1.54, 1.807) is 0 Å². The van der Waals surface area contributed by atoms with Crippen molar-refractivity contribution in [2.24, 2.45) is 5.92 Å². The van der Waals surface area contributed by atoms with Crippen molar-refractivity contribution in [2.45, 2.75) is 58.5 Å². The molecule has 0 bridgehead atoms. The molecule has 0 saturated heterocycles. The molecule has 1 aliphatic carbocycles. The Kier molecular flexibility index (Phi) is 4.11. The van der Waals surface area contributed by atoms with Crippen LogP contribution in [0.5, 0.6) is 0 Å². The maximum Gasteiger partial charge on any atom is 0.167 e. The molecular formula is C12H22O2. The fourth-order valence-electron chi connectivity index (χ4n) is 2.23. The molecule has 0 radical (unpaired) electrons. The van der Waals surface area contributed by atoms with E-state index in [0.717, 1.165) is 38.7 Å². The van der Waals surface area contributed by atoms with Crippen LogP contribution >= 0.6 is 0 Å². The number of Topliss-reactive ketones (excluding diaryl/α,β-unsaturated/α-hetero) is 1. The van der Waals surface area contributed by atoms with Crippen molar-refractivity contribution in [1.82, 2.24) is 0 Å². The van der Waals surface area contributed by atoms with Gasteiger partial charge in [0.2, 0.25) is 0 Å². The van der Waals surface area contributed by atoms with E-state index in [-0.39, 0.29) is 5.92 Å². The van der Waals surface area contributed by atoms with Crippen LogP contribution in [0.2, 0.25) is 0 Å². The van der Waals surface area contributed by atoms with Crippen molar-refractivity contribution in [3.63, 3.8) is 0 Å². The SMILES string of the molecule is CCCOC1(C(=O)C(C)C)CCCC1. The number of ketones is 1. The highest BCUT2D eigenvalue weighted by atomic mass is 16.5. The van der Waals surface area contributed by atoms with Gasteiger partial charge in [0.1, 0.15) is 5.60 Å². The Balaban J connectivity index is 2.65. The van der Waals surface area contributed by atoms with Crippen LogP contribution in [0.15, 0.2) is 0 Å². The van der Waals surface area contributed by atoms with Crippen LogP contribution in [-0.2, 0) is 9.53 Å². The first-order valence-electron chi connectivity index (χ1n) is 5.80. The van der Waals surface area contributed by atoms with Crippen LogP contribution in [-0.4, -0.2) is 18.0 Å². The predicted molar refractivity (Wildman–Crippen MR) is 57.3 cm³/mol. The maximum absolute atomic E-state index is 12.0. The van der Waals surface area contributed by atoms with Gasteiger partial charge in [-0.05, 0) is 32.1 Å². The molecule has 0 spiro atoms. The van der Waals surface area contributed by atoms with Gasteiger partial charge in [0, 0.05) is 12.5 Å². The van der Waals surface area contributed by atoms with E-state index in [0.29, 0.717) is 5.78 Å². The van der Waals surface area contributed by atoms with Gasteiger partial charge in [-0.1, -0.05) is 20.8 Å². The summed E-state index contributed by atoms with van der Waals surface area (Å²) in [7, 11) is 0. The summed E-state index contributed by atoms with van der Waals surface area (Å²) in [5.74, 6) is 0.411. The summed E-state index contributed by atoms with van der Waals surface area (Å²) in [6.45, 7) is 6.75. The van der Waals surface area contributed by atoms with Gasteiger partial charge in [-0.2, -0.15) is 0 Å². The molecule has 0 aromatic rings. The third kappa shape index (κ3) is 2.35. The summed E-state index contributed by atoms with van der Waals surface area (Å²) in [4.78, 5) is 12.0. The van der Waals surface area contributed by atoms with Gasteiger partial charge in [-0.15, -0.1) is 0 Å². The van der Waals surface area contributed by atoms with E-state index in [1.165, 1.54) is 0 Å². The Labute approximate surface area is 87.0 Å². The molecule has 0 amide bonds. The highest BCUT2D eigenvalue weighted by Gasteiger charge is 2.42. The highest BCUT2D eigenvalue weighted by Crippen LogP contribution is 2.36. The van der Waals surface area contributed by atoms with Gasteiger partial charge >= 0.3 is 0 Å². The lowest BCUT2D eigenvalue weighted by molar-refractivity contribution is -0.147. The van der Waals surface area contributed by atoms with Gasteiger partial charge in [0.25, 0.3) is 0 Å². The lowest BCUT2D eigenvalue weighted by Gasteiger charge is -2.29. The first kappa shape index (κ1) is 11.7. The summed E-state index contributed by atoms with van der Waals surface area (Å²) in [6.07, 6.45) is 5.14. The van der Waals surface area contributed by atoms with Gasteiger partial charge < -0.3 is 4.74 Å². The van der Waals surface area contributed by atoms with Crippen molar-refractivity contribution in [1.29, 1.82) is 0 Å². The number of ether oxygens (including phenoxy) is 1. The topological polar surface area (TPSA) is 26.3 Å². The molecule has 1 fully saturated rings. The van der Waals surface area contributed by atoms with Gasteiger partial charge in [0.15, 0.2) is 5.78 Å². The molecule has 2 heteroatoms. The zero-order valence-corrected chi connectivity index (χ0v) is 9.64. The Bertz CT molecular complexity index is 190. The number of carbonyl (C=O) groups excluding carboxylic acids is 1. The average Bonchev–Trinajstić information content (AvgIpc) is 2.63. The van der Waals surface area contributed by atoms with Crippen LogP contribution in [0, 0.1) is 5.92 Å². The fraction of sp³-hybridized carbons (Fsp3) is 0.917. The van der Waals surface area contributed by atoms with Crippen molar-refractivity contribution >= 4 is 5.78 Å². The second kappa shape index (κ2) is 4.92. The third-order valence-corrected chi connectivity index (χ3v) is 2.97. The summed E-state index contributed by atoms with van der Waals surface area (Å²) in [6, 6.07) is 0. The zero-order valence-electron chi connectivity index (χ0n) is 9.64. The van der Waals surface area contributed by atoms with E-state index in [2.05, 4.69) is 6.92 Å². The number of carbonyl (C=O) groups is 1. The second-order valence-corrected chi connectivity index (χ2v) is 4.57. The van der Waals surface area contributed by atoms with E-state index in [1.807, 2.05) is 13.8 Å². The quantitative estimate of drug-likeness (QED) is 0.679. The first-order chi connectivity index (χ1) is 6.62. The molecule has 1 saturated carbocycles. The molecule has 1 aliphatic rings. The second-order valence-electron chi connectivity index (χ2n) is 4.57. The minimum Gasteiger partial charge on any atom is -0.367 e. The van der Waals surface area contributed by atoms with Crippen molar-refractivity contribution < 1.29 is 9.53 Å². The Morgan fingerprint density at radius 1 is 1.36 bits per heavy atom. The average molecular weight is 198 g/mol. The van der Waals surface area contributed by atoms with Crippen LogP contribution in [0.25, 0.3) is 0 Å². The number of hydrogen-bond donors (Lipinski definition) is 0. The van der Waals surface area contributed by atoms with E-state index in [4.69, 9.17) is 4.74 Å². The van der Waals surface area contributed by atoms with Crippen molar-refractivity contribution in [3.05, 3.63) is 0 Å². The van der Waals surface area contributed by atoms with Gasteiger partial charge in [0.05, 0.1) is 0 Å². The number of hydrogen-bond acceptors (Lipinski definition) is 2. The Hall–Kier alpha value is -0.370. The molecule has 14 heavy (non-hydrogen) atoms. The minimum absolute atomic E-state index is 0.102. The standard InChI is InChI=1S/C12H22O2/c1-4-9-14-12(7-5-6-8-12)11(13)10(2)3/h10H,4-9H2,1-3H3. The zero-order chi connectivity index (χ0) is 10.6. The molecule has 1 rings (SSSR count). The summed E-state index contributed by atoms with van der Waals surface area (Å²) >= 11 is 0. The largest absolute Gasteiger partial charge is 0.367 e. The molecule has 0 N–H and O–H groups in total. The summed E-state index contributed by atoms with van der Waals surface area (Å²) < 4.78 is 5.81. The predicted octanol–water partition coefficient (Wildman–Crippen LogP) is 2.95. The van der Waals surface area contributed by atoms with E-state index < -0.39 is 5.60 Å². The molecule has 0 aromatic carbocycles. The molecule has 0 unspecified atom stereocenters. The summed E-state index contributed by atoms with van der Waals surface area (Å²) in [5.41, 5.74) is -0.413. The molecule has 0 heterocycles. The Morgan fingerprint density at radius 3 is 2.36 bits per heavy atom. The van der Waals surface area contributed by atoms with Crippen molar-refractivity contribution in [3.8, 4) is 0 Å².